The van der Waals surface area contributed by atoms with Gasteiger partial charge in [-0.1, -0.05) is 23.2 Å². The Morgan fingerprint density at radius 3 is 1.25 bits per heavy atom. The Balaban J connectivity index is 0.000000201. The van der Waals surface area contributed by atoms with Gasteiger partial charge in [0.2, 0.25) is 20.0 Å². The second-order valence-electron chi connectivity index (χ2n) is 15.4. The molecule has 356 valence electrons. The molecule has 4 heterocycles. The van der Waals surface area contributed by atoms with Crippen molar-refractivity contribution in [1.82, 2.24) is 38.7 Å². The lowest BCUT2D eigenvalue weighted by Gasteiger charge is -2.18. The van der Waals surface area contributed by atoms with Gasteiger partial charge in [0.05, 0.1) is 67.8 Å². The first-order valence-electron chi connectivity index (χ1n) is 19.7. The first-order chi connectivity index (χ1) is 31.9. The summed E-state index contributed by atoms with van der Waals surface area (Å²) in [6, 6.07) is 12.8. The van der Waals surface area contributed by atoms with Gasteiger partial charge in [0.1, 0.15) is 34.9 Å². The molecule has 0 aliphatic carbocycles. The maximum atomic E-state index is 13.6. The molecule has 0 radical (unpaired) electrons. The lowest BCUT2D eigenvalue weighted by atomic mass is 10.0. The number of fused-ring (bicyclic) bond motifs is 2. The summed E-state index contributed by atoms with van der Waals surface area (Å²) in [6.45, 7) is 0. The zero-order valence-corrected chi connectivity index (χ0v) is 39.1. The highest BCUT2D eigenvalue weighted by Gasteiger charge is 2.25. The van der Waals surface area contributed by atoms with Crippen molar-refractivity contribution in [1.29, 1.82) is 0 Å². The van der Waals surface area contributed by atoms with E-state index >= 15 is 0 Å². The van der Waals surface area contributed by atoms with E-state index in [4.69, 9.17) is 34.7 Å². The average Bonchev–Trinajstić information content (AvgIpc) is 3.72. The summed E-state index contributed by atoms with van der Waals surface area (Å²) in [5.41, 5.74) is 13.6. The molecule has 0 aliphatic heterocycles. The van der Waals surface area contributed by atoms with Crippen LogP contribution in [0.3, 0.4) is 0 Å². The van der Waals surface area contributed by atoms with Crippen LogP contribution in [0.2, 0.25) is 10.0 Å². The van der Waals surface area contributed by atoms with E-state index in [1.165, 1.54) is 55.2 Å². The van der Waals surface area contributed by atoms with Crippen LogP contribution in [-0.2, 0) is 47.0 Å². The summed E-state index contributed by atoms with van der Waals surface area (Å²) in [5.74, 6) is -2.77. The van der Waals surface area contributed by atoms with Crippen LogP contribution in [0, 0.1) is 23.3 Å². The second kappa shape index (κ2) is 19.1. The molecule has 6 N–H and O–H groups in total. The summed E-state index contributed by atoms with van der Waals surface area (Å²) in [7, 11) is -4.21. The normalized spacial score (nSPS) is 12.8. The minimum absolute atomic E-state index is 0.00582. The largest absolute Gasteiger partial charge is 0.321 e. The molecular weight excluding hydrogens is 980 g/mol. The number of benzene rings is 4. The number of aromatic nitrogens is 8. The van der Waals surface area contributed by atoms with Crippen LogP contribution < -0.4 is 32.0 Å². The van der Waals surface area contributed by atoms with Crippen molar-refractivity contribution in [3.8, 4) is 11.4 Å². The fraction of sp³-hybridized carbons (Fsp3) is 0.190. The number of nitrogens with one attached hydrogen (secondary N) is 2. The van der Waals surface area contributed by atoms with Crippen molar-refractivity contribution in [2.45, 2.75) is 24.9 Å². The smallest absolute Gasteiger partial charge is 0.258 e. The van der Waals surface area contributed by atoms with Crippen LogP contribution >= 0.6 is 23.2 Å². The molecular formula is C42H38Cl2F4N12O6S2. The van der Waals surface area contributed by atoms with Crippen LogP contribution in [0.5, 0.6) is 0 Å². The Morgan fingerprint density at radius 2 is 0.926 bits per heavy atom. The molecule has 4 aromatic carbocycles. The highest BCUT2D eigenvalue weighted by atomic mass is 35.5. The summed E-state index contributed by atoms with van der Waals surface area (Å²) in [6.07, 6.45) is 4.51. The lowest BCUT2D eigenvalue weighted by molar-refractivity contribution is 0.571. The van der Waals surface area contributed by atoms with E-state index in [2.05, 4.69) is 29.6 Å². The van der Waals surface area contributed by atoms with Gasteiger partial charge in [-0.3, -0.25) is 37.5 Å². The standard InChI is InChI=1S/2C21H19ClF2N6O3S/c2*1-29-19-16(4-3-14(22)18(19)20(27-29)28-34(2,32)33)30-17(31)5-6-26-21(30)15(25)9-11-7-12(23)10-13(24)8-11/h2*3-8,10,15H,9,25H2,1-2H3,(H,27,28)/t2*15-/m00/s1. The predicted molar refractivity (Wildman–Crippen MR) is 249 cm³/mol. The molecule has 0 aliphatic rings. The molecule has 0 spiro atoms. The molecule has 0 saturated heterocycles. The maximum Gasteiger partial charge on any atom is 0.258 e. The van der Waals surface area contributed by atoms with Crippen LogP contribution in [0.15, 0.2) is 94.8 Å². The molecule has 18 nitrogen and oxygen atoms in total. The average molecular weight is 1020 g/mol. The third-order valence-electron chi connectivity index (χ3n) is 10.0. The van der Waals surface area contributed by atoms with Gasteiger partial charge in [0.15, 0.2) is 11.6 Å². The fourth-order valence-corrected chi connectivity index (χ4v) is 9.04. The van der Waals surface area contributed by atoms with Crippen molar-refractivity contribution in [2.75, 3.05) is 22.0 Å². The van der Waals surface area contributed by atoms with Crippen molar-refractivity contribution in [3.63, 3.8) is 0 Å². The Hall–Kier alpha value is -6.70. The van der Waals surface area contributed by atoms with E-state index in [0.717, 1.165) is 48.9 Å². The zero-order chi connectivity index (χ0) is 49.6. The summed E-state index contributed by atoms with van der Waals surface area (Å²) in [4.78, 5) is 34.4. The van der Waals surface area contributed by atoms with Gasteiger partial charge in [0, 0.05) is 50.8 Å². The van der Waals surface area contributed by atoms with E-state index in [-0.39, 0.29) is 68.1 Å². The van der Waals surface area contributed by atoms with Gasteiger partial charge in [-0.05, 0) is 72.5 Å². The van der Waals surface area contributed by atoms with Gasteiger partial charge in [-0.15, -0.1) is 0 Å². The Morgan fingerprint density at radius 1 is 0.588 bits per heavy atom. The molecule has 8 rings (SSSR count). The second-order valence-corrected chi connectivity index (χ2v) is 19.7. The van der Waals surface area contributed by atoms with Gasteiger partial charge in [-0.2, -0.15) is 10.2 Å². The monoisotopic (exact) mass is 1020 g/mol. The predicted octanol–water partition coefficient (Wildman–Crippen LogP) is 5.33. The van der Waals surface area contributed by atoms with Gasteiger partial charge < -0.3 is 11.5 Å². The zero-order valence-electron chi connectivity index (χ0n) is 35.9. The number of nitrogens with two attached hydrogens (primary N) is 2. The van der Waals surface area contributed by atoms with Gasteiger partial charge >= 0.3 is 0 Å². The van der Waals surface area contributed by atoms with Crippen LogP contribution in [0.4, 0.5) is 29.2 Å². The fourth-order valence-electron chi connectivity index (χ4n) is 7.57. The summed E-state index contributed by atoms with van der Waals surface area (Å²) < 4.78 is 112. The number of sulfonamides is 2. The molecule has 0 amide bonds. The number of anilines is 2. The van der Waals surface area contributed by atoms with Crippen molar-refractivity contribution in [3.05, 3.63) is 162 Å². The van der Waals surface area contributed by atoms with E-state index < -0.39 is 66.5 Å². The minimum Gasteiger partial charge on any atom is -0.321 e. The summed E-state index contributed by atoms with van der Waals surface area (Å²) in [5, 5.41) is 9.36. The number of rotatable bonds is 12. The molecule has 0 fully saturated rings. The molecule has 8 aromatic rings. The minimum atomic E-state index is -3.67. The molecule has 26 heteroatoms. The Kier molecular flexibility index (Phi) is 13.8. The third kappa shape index (κ3) is 10.7. The van der Waals surface area contributed by atoms with E-state index in [1.54, 1.807) is 26.2 Å². The molecule has 4 aromatic heterocycles. The topological polar surface area (TPSA) is 250 Å². The van der Waals surface area contributed by atoms with Gasteiger partial charge in [0.25, 0.3) is 11.1 Å². The molecule has 68 heavy (non-hydrogen) atoms. The van der Waals surface area contributed by atoms with Gasteiger partial charge in [-0.25, -0.2) is 44.4 Å². The summed E-state index contributed by atoms with van der Waals surface area (Å²) >= 11 is 12.7. The number of hydrogen-bond acceptors (Lipinski definition) is 12. The third-order valence-corrected chi connectivity index (χ3v) is 11.8. The SMILES string of the molecule is Cn1nc(NS(C)(=O)=O)c2c(Cl)ccc(-n3c([C@@H](N)Cc4cc(F)cc(F)c4)nccc3=O)c21.Cn1nc(NS(C)(=O)=O)c2c(Cl)ccc(-n3c([C@@H](N)Cc4cc(F)cc(F)c4)nccc3=O)c21. The molecule has 0 unspecified atom stereocenters. The van der Waals surface area contributed by atoms with E-state index in [9.17, 15) is 44.0 Å². The Bertz CT molecular complexity index is 3370. The van der Waals surface area contributed by atoms with E-state index in [0.29, 0.717) is 22.4 Å². The first-order valence-corrected chi connectivity index (χ1v) is 24.3. The van der Waals surface area contributed by atoms with Crippen molar-refractivity contribution < 1.29 is 34.4 Å². The maximum absolute atomic E-state index is 13.6. The van der Waals surface area contributed by atoms with E-state index in [1.807, 2.05) is 0 Å². The molecule has 0 bridgehead atoms. The van der Waals surface area contributed by atoms with Crippen LogP contribution in [0.25, 0.3) is 33.2 Å². The first kappa shape index (κ1) is 49.2. The van der Waals surface area contributed by atoms with Crippen LogP contribution in [-0.4, -0.2) is 68.0 Å². The number of hydrogen-bond donors (Lipinski definition) is 4. The van der Waals surface area contributed by atoms with Crippen molar-refractivity contribution in [2.24, 2.45) is 25.6 Å². The Labute approximate surface area is 393 Å². The molecule has 2 atom stereocenters. The highest BCUT2D eigenvalue weighted by molar-refractivity contribution is 7.92. The quantitative estimate of drug-likeness (QED) is 0.113. The lowest BCUT2D eigenvalue weighted by Crippen LogP contribution is -2.29. The van der Waals surface area contributed by atoms with Crippen molar-refractivity contribution >= 4 is 76.7 Å². The number of aryl methyl sites for hydroxylation is 2. The highest BCUT2D eigenvalue weighted by Crippen LogP contribution is 2.36. The number of nitrogens with zero attached hydrogens (tertiary/aromatic N) is 8. The van der Waals surface area contributed by atoms with Crippen LogP contribution in [0.1, 0.15) is 34.9 Å². The number of halogens is 6. The molecule has 0 saturated carbocycles.